The van der Waals surface area contributed by atoms with E-state index in [0.717, 1.165) is 17.3 Å². The first-order valence-corrected chi connectivity index (χ1v) is 25.8. The smallest absolute Gasteiger partial charge is 0.187 e. The molecule has 0 fully saturated rings. The van der Waals surface area contributed by atoms with Gasteiger partial charge in [0.25, 0.3) is 0 Å². The van der Waals surface area contributed by atoms with Gasteiger partial charge in [-0.3, -0.25) is 0 Å². The Bertz CT molecular complexity index is 832. The number of rotatable bonds is 3. The maximum absolute atomic E-state index is 9.49. The van der Waals surface area contributed by atoms with E-state index in [9.17, 15) is 4.80 Å². The third-order valence-electron chi connectivity index (χ3n) is 8.16. The minimum atomic E-state index is -1.86. The number of halogens is 2. The monoisotopic (exact) mass is 676 g/mol. The van der Waals surface area contributed by atoms with E-state index in [2.05, 4.69) is 131 Å². The molecular formula is C34H70Cl2N2OSi3. The van der Waals surface area contributed by atoms with Gasteiger partial charge < -0.3 is 9.70 Å². The molecule has 0 amide bonds. The van der Waals surface area contributed by atoms with Crippen LogP contribution >= 0.6 is 22.7 Å². The first kappa shape index (κ1) is 48.3. The fraction of sp³-hybridized carbons (Fsp3) is 0.735. The van der Waals surface area contributed by atoms with Gasteiger partial charge in [0.2, 0.25) is 0 Å². The molecule has 0 aliphatic heterocycles. The van der Waals surface area contributed by atoms with Gasteiger partial charge in [0, 0.05) is 28.6 Å². The summed E-state index contributed by atoms with van der Waals surface area (Å²) in [6, 6.07) is 10.3. The standard InChI is InChI=1S/C13H18ClN.C7H18Si.C6H15ClSi.C6H16OSi.C2H3N/c1-10(2)13(14)15(4)9-12-7-5-11(3)6-8-12;1-7(2,3)8(4,5)6;2*1-6(2,3)8(4,5)7;1-2-3/h5-8H,9H2,1-4H3;1-6H3;1-5H3;7H,1-5H3;1H3. The zero-order valence-electron chi connectivity index (χ0n) is 31.6. The highest BCUT2D eigenvalue weighted by atomic mass is 35.6. The Morgan fingerprint density at radius 1 is 0.810 bits per heavy atom. The Labute approximate surface area is 277 Å². The first-order chi connectivity index (χ1) is 18.2. The molecule has 3 nitrogen and oxygen atoms in total. The van der Waals surface area contributed by atoms with E-state index < -0.39 is 23.8 Å². The number of aryl methyl sites for hydroxylation is 1. The summed E-state index contributed by atoms with van der Waals surface area (Å²) in [7, 11) is -2.10. The topological polar surface area (TPSA) is 47.3 Å². The van der Waals surface area contributed by atoms with Crippen LogP contribution in [0.5, 0.6) is 0 Å². The fourth-order valence-electron chi connectivity index (χ4n) is 1.42. The maximum atomic E-state index is 9.49. The third kappa shape index (κ3) is 24.8. The summed E-state index contributed by atoms with van der Waals surface area (Å²) in [5, 5.41) is 9.20. The summed E-state index contributed by atoms with van der Waals surface area (Å²) in [6.07, 6.45) is 0. The van der Waals surface area contributed by atoms with Crippen LogP contribution in [0.25, 0.3) is 0 Å². The normalized spacial score (nSPS) is 11.9. The van der Waals surface area contributed by atoms with E-state index >= 15 is 0 Å². The molecule has 1 aromatic carbocycles. The van der Waals surface area contributed by atoms with Gasteiger partial charge in [0.1, 0.15) is 5.16 Å². The van der Waals surface area contributed by atoms with E-state index in [4.69, 9.17) is 27.9 Å². The number of hydrogen-bond acceptors (Lipinski definition) is 3. The summed E-state index contributed by atoms with van der Waals surface area (Å²) in [5.41, 5.74) is 3.71. The van der Waals surface area contributed by atoms with Crippen molar-refractivity contribution >= 4 is 46.5 Å². The quantitative estimate of drug-likeness (QED) is 0.197. The van der Waals surface area contributed by atoms with Crippen LogP contribution in [0, 0.1) is 18.3 Å². The molecule has 8 heteroatoms. The van der Waals surface area contributed by atoms with Gasteiger partial charge in [0.15, 0.2) is 15.7 Å². The number of nitrogens with zero attached hydrogens (tertiary/aromatic N) is 2. The predicted octanol–water partition coefficient (Wildman–Crippen LogP) is 12.8. The SMILES string of the molecule is CC#N.CC(C)(C)[Si](C)(C)C.CC(C)(C)[Si](C)(C)Cl.CC(C)(C)[Si](C)(C)O.CC(C)=C(Cl)N(C)Cc1ccc(C)cc1. The Kier molecular flexibility index (Phi) is 22.7. The molecule has 0 aliphatic carbocycles. The molecule has 0 aliphatic rings. The second-order valence-corrected chi connectivity index (χ2v) is 34.6. The van der Waals surface area contributed by atoms with Gasteiger partial charge >= 0.3 is 0 Å². The number of allylic oxidation sites excluding steroid dienone is 1. The highest BCUT2D eigenvalue weighted by Crippen LogP contribution is 2.38. The van der Waals surface area contributed by atoms with Gasteiger partial charge in [-0.25, -0.2) is 0 Å². The van der Waals surface area contributed by atoms with Gasteiger partial charge in [-0.15, -0.1) is 0 Å². The van der Waals surface area contributed by atoms with Crippen molar-refractivity contribution in [1.29, 1.82) is 5.26 Å². The van der Waals surface area contributed by atoms with Crippen molar-refractivity contribution in [2.75, 3.05) is 7.05 Å². The summed E-state index contributed by atoms with van der Waals surface area (Å²) in [4.78, 5) is 11.6. The van der Waals surface area contributed by atoms with Crippen LogP contribution in [0.1, 0.15) is 94.2 Å². The molecule has 0 saturated heterocycles. The van der Waals surface area contributed by atoms with E-state index in [0.29, 0.717) is 10.1 Å². The minimum absolute atomic E-state index is 0.132. The van der Waals surface area contributed by atoms with Crippen LogP contribution in [-0.2, 0) is 6.54 Å². The van der Waals surface area contributed by atoms with Crippen molar-refractivity contribution in [3.05, 3.63) is 46.1 Å². The van der Waals surface area contributed by atoms with Gasteiger partial charge in [-0.2, -0.15) is 16.3 Å². The summed E-state index contributed by atoms with van der Waals surface area (Å²) >= 11 is 12.3. The Morgan fingerprint density at radius 2 is 1.07 bits per heavy atom. The summed E-state index contributed by atoms with van der Waals surface area (Å²) in [5.74, 6) is 0. The molecular weight excluding hydrogens is 608 g/mol. The number of benzene rings is 1. The van der Waals surface area contributed by atoms with Crippen LogP contribution < -0.4 is 0 Å². The van der Waals surface area contributed by atoms with Crippen molar-refractivity contribution in [2.24, 2.45) is 0 Å². The molecule has 1 N–H and O–H groups in total. The molecule has 248 valence electrons. The lowest BCUT2D eigenvalue weighted by atomic mass is 10.1. The summed E-state index contributed by atoms with van der Waals surface area (Å²) < 4.78 is 0. The molecule has 0 spiro atoms. The van der Waals surface area contributed by atoms with Crippen molar-refractivity contribution in [2.45, 2.75) is 157 Å². The molecule has 0 atom stereocenters. The number of nitriles is 1. The molecule has 1 aromatic rings. The molecule has 0 heterocycles. The second kappa shape index (κ2) is 19.7. The van der Waals surface area contributed by atoms with Crippen molar-refractivity contribution in [3.63, 3.8) is 0 Å². The minimum Gasteiger partial charge on any atom is -0.432 e. The van der Waals surface area contributed by atoms with Crippen LogP contribution in [0.2, 0.25) is 60.9 Å². The van der Waals surface area contributed by atoms with Gasteiger partial charge in [-0.1, -0.05) is 136 Å². The van der Waals surface area contributed by atoms with Crippen molar-refractivity contribution in [1.82, 2.24) is 4.90 Å². The predicted molar refractivity (Wildman–Crippen MR) is 204 cm³/mol. The first-order valence-electron chi connectivity index (χ1n) is 15.0. The van der Waals surface area contributed by atoms with Crippen LogP contribution in [0.4, 0.5) is 0 Å². The van der Waals surface area contributed by atoms with Crippen LogP contribution in [0.3, 0.4) is 0 Å². The lowest BCUT2D eigenvalue weighted by Crippen LogP contribution is -2.36. The molecule has 0 unspecified atom stereocenters. The molecule has 0 bridgehead atoms. The van der Waals surface area contributed by atoms with Crippen molar-refractivity contribution in [3.8, 4) is 6.07 Å². The highest BCUT2D eigenvalue weighted by Gasteiger charge is 2.33. The Hall–Kier alpha value is -0.559. The number of hydrogen-bond donors (Lipinski definition) is 1. The molecule has 0 aromatic heterocycles. The lowest BCUT2D eigenvalue weighted by molar-refractivity contribution is 0.433. The second-order valence-electron chi connectivity index (χ2n) is 16.4. The van der Waals surface area contributed by atoms with Crippen molar-refractivity contribution < 1.29 is 4.80 Å². The largest absolute Gasteiger partial charge is 0.432 e. The molecule has 0 saturated carbocycles. The Balaban J connectivity index is -0.000000233. The zero-order valence-corrected chi connectivity index (χ0v) is 36.1. The molecule has 0 radical (unpaired) electrons. The average Bonchev–Trinajstić information content (AvgIpc) is 2.72. The molecule has 42 heavy (non-hydrogen) atoms. The van der Waals surface area contributed by atoms with Crippen LogP contribution in [0.15, 0.2) is 35.0 Å². The maximum Gasteiger partial charge on any atom is 0.187 e. The summed E-state index contributed by atoms with van der Waals surface area (Å²) in [6.45, 7) is 43.8. The van der Waals surface area contributed by atoms with Crippen LogP contribution in [-0.4, -0.2) is 40.5 Å². The average molecular weight is 678 g/mol. The lowest BCUT2D eigenvalue weighted by Gasteiger charge is -2.32. The van der Waals surface area contributed by atoms with Gasteiger partial charge in [-0.05, 0) is 60.1 Å². The Morgan fingerprint density at radius 3 is 1.24 bits per heavy atom. The van der Waals surface area contributed by atoms with E-state index in [1.54, 1.807) is 6.07 Å². The van der Waals surface area contributed by atoms with Gasteiger partial charge in [0.05, 0.1) is 6.07 Å². The zero-order chi connectivity index (χ0) is 35.1. The fourth-order valence-corrected chi connectivity index (χ4v) is 1.48. The van der Waals surface area contributed by atoms with E-state index in [-0.39, 0.29) is 5.04 Å². The van der Waals surface area contributed by atoms with E-state index in [1.165, 1.54) is 18.1 Å². The third-order valence-corrected chi connectivity index (χ3v) is 22.3. The highest BCUT2D eigenvalue weighted by molar-refractivity contribution is 7.20. The van der Waals surface area contributed by atoms with E-state index in [1.807, 2.05) is 34.0 Å². The molecule has 1 rings (SSSR count).